The number of hydrogen-bond acceptors (Lipinski definition) is 4. The van der Waals surface area contributed by atoms with Crippen molar-refractivity contribution in [3.8, 4) is 0 Å². The molecule has 0 spiro atoms. The number of aliphatic hydroxyl groups excluding tert-OH is 1. The Morgan fingerprint density at radius 3 is 2.11 bits per heavy atom. The van der Waals surface area contributed by atoms with Crippen molar-refractivity contribution >= 4 is 18.4 Å². The van der Waals surface area contributed by atoms with Gasteiger partial charge in [-0.05, 0) is 12.8 Å². The Hall–Kier alpha value is 0.331. The van der Waals surface area contributed by atoms with Gasteiger partial charge in [-0.25, -0.2) is 9.97 Å². The van der Waals surface area contributed by atoms with E-state index in [1.807, 2.05) is 0 Å². The van der Waals surface area contributed by atoms with Crippen LogP contribution in [0.3, 0.4) is 0 Å². The van der Waals surface area contributed by atoms with Crippen molar-refractivity contribution in [3.05, 3.63) is 12.4 Å². The first kappa shape index (κ1) is 16.4. The van der Waals surface area contributed by atoms with E-state index in [2.05, 4.69) is 9.97 Å². The number of halogens is 3. The number of rotatable bonds is 2. The van der Waals surface area contributed by atoms with Crippen LogP contribution in [0.25, 0.3) is 0 Å². The van der Waals surface area contributed by atoms with Crippen LogP contribution in [0.4, 0.5) is 18.9 Å². The predicted octanol–water partition coefficient (Wildman–Crippen LogP) is -2.50. The molecule has 1 aliphatic heterocycles. The fraction of sp³-hybridized carbons (Fsp3) is 0.556. The van der Waals surface area contributed by atoms with Crippen LogP contribution in [-0.2, 0) is 0 Å². The van der Waals surface area contributed by atoms with E-state index >= 15 is 0 Å². The van der Waals surface area contributed by atoms with Gasteiger partial charge in [0.1, 0.15) is 0 Å². The van der Waals surface area contributed by atoms with E-state index in [1.54, 1.807) is 4.90 Å². The molecule has 0 radical (unpaired) electrons. The number of hydrogen-bond donors (Lipinski definition) is 1. The van der Waals surface area contributed by atoms with E-state index < -0.39 is 12.4 Å². The summed E-state index contributed by atoms with van der Waals surface area (Å²) in [6.45, 7) is -3.90. The molecule has 1 aromatic rings. The third-order valence-corrected chi connectivity index (χ3v) is 2.78. The van der Waals surface area contributed by atoms with Gasteiger partial charge in [-0.15, -0.1) is 0 Å². The van der Waals surface area contributed by atoms with Gasteiger partial charge < -0.3 is 23.0 Å². The standard InChI is InChI=1S/C9H12BF3N3O.K/c11-10(12,13)7-5-14-9(15-6-7)16-3-1-8(17)2-4-16;/h5-6,8,17H,1-4H2;/q-1;+1. The third kappa shape index (κ3) is 4.17. The summed E-state index contributed by atoms with van der Waals surface area (Å²) in [5.41, 5.74) is -0.786. The van der Waals surface area contributed by atoms with Crippen LogP contribution in [-0.4, -0.2) is 41.2 Å². The maximum Gasteiger partial charge on any atom is 1.00 e. The number of aromatic nitrogens is 2. The zero-order valence-electron chi connectivity index (χ0n) is 10.1. The zero-order chi connectivity index (χ0) is 12.5. The normalized spacial score (nSPS) is 17.4. The van der Waals surface area contributed by atoms with Crippen LogP contribution < -0.4 is 61.7 Å². The number of piperidine rings is 1. The van der Waals surface area contributed by atoms with E-state index in [1.165, 1.54) is 0 Å². The molecular formula is C9H12BF3KN3O. The fourth-order valence-electron chi connectivity index (χ4n) is 1.73. The maximum absolute atomic E-state index is 12.3. The monoisotopic (exact) mass is 285 g/mol. The molecule has 1 saturated heterocycles. The Bertz CT molecular complexity index is 382. The largest absolute Gasteiger partial charge is 1.00 e. The van der Waals surface area contributed by atoms with E-state index in [4.69, 9.17) is 0 Å². The molecule has 1 fully saturated rings. The molecule has 0 aliphatic carbocycles. The van der Waals surface area contributed by atoms with Gasteiger partial charge >= 0.3 is 58.4 Å². The second kappa shape index (κ2) is 6.67. The molecule has 18 heavy (non-hydrogen) atoms. The van der Waals surface area contributed by atoms with Crippen LogP contribution in [0.15, 0.2) is 12.4 Å². The molecule has 9 heteroatoms. The summed E-state index contributed by atoms with van der Waals surface area (Å²) in [6, 6.07) is 0. The molecule has 94 valence electrons. The van der Waals surface area contributed by atoms with E-state index in [-0.39, 0.29) is 57.5 Å². The summed E-state index contributed by atoms with van der Waals surface area (Å²) < 4.78 is 37.0. The Morgan fingerprint density at radius 2 is 1.67 bits per heavy atom. The van der Waals surface area contributed by atoms with Crippen molar-refractivity contribution in [2.24, 2.45) is 0 Å². The molecule has 0 bridgehead atoms. The van der Waals surface area contributed by atoms with Gasteiger partial charge in [-0.3, -0.25) is 0 Å². The molecular weight excluding hydrogens is 273 g/mol. The van der Waals surface area contributed by atoms with Gasteiger partial charge in [0.05, 0.1) is 6.10 Å². The topological polar surface area (TPSA) is 49.2 Å². The van der Waals surface area contributed by atoms with Gasteiger partial charge in [0.15, 0.2) is 0 Å². The SMILES string of the molecule is OC1CCN(c2ncc([B-](F)(F)F)cn2)CC1.[K+]. The molecule has 0 amide bonds. The summed E-state index contributed by atoms with van der Waals surface area (Å²) in [7, 11) is 0. The summed E-state index contributed by atoms with van der Waals surface area (Å²) >= 11 is 0. The predicted molar refractivity (Wildman–Crippen MR) is 58.2 cm³/mol. The van der Waals surface area contributed by atoms with Crippen molar-refractivity contribution < 1.29 is 69.4 Å². The second-order valence-corrected chi connectivity index (χ2v) is 4.11. The van der Waals surface area contributed by atoms with Crippen LogP contribution in [0.5, 0.6) is 0 Å². The molecule has 1 aliphatic rings. The van der Waals surface area contributed by atoms with E-state index in [0.717, 1.165) is 12.4 Å². The number of nitrogens with zero attached hydrogens (tertiary/aromatic N) is 3. The van der Waals surface area contributed by atoms with Crippen molar-refractivity contribution in [2.75, 3.05) is 18.0 Å². The van der Waals surface area contributed by atoms with Gasteiger partial charge in [0, 0.05) is 25.5 Å². The second-order valence-electron chi connectivity index (χ2n) is 4.11. The summed E-state index contributed by atoms with van der Waals surface area (Å²) in [6.07, 6.45) is 2.48. The number of aliphatic hydroxyl groups is 1. The first-order valence-corrected chi connectivity index (χ1v) is 5.42. The van der Waals surface area contributed by atoms with Crippen LogP contribution in [0.2, 0.25) is 0 Å². The molecule has 2 rings (SSSR count). The average Bonchev–Trinajstić information content (AvgIpc) is 2.29. The molecule has 0 atom stereocenters. The van der Waals surface area contributed by atoms with Crippen molar-refractivity contribution in [3.63, 3.8) is 0 Å². The van der Waals surface area contributed by atoms with E-state index in [0.29, 0.717) is 31.9 Å². The minimum atomic E-state index is -5.03. The maximum atomic E-state index is 12.3. The summed E-state index contributed by atoms with van der Waals surface area (Å²) in [5.74, 6) is 0.292. The molecule has 0 saturated carbocycles. The van der Waals surface area contributed by atoms with Gasteiger partial charge in [0.25, 0.3) is 0 Å². The van der Waals surface area contributed by atoms with Gasteiger partial charge in [-0.1, -0.05) is 5.46 Å². The fourth-order valence-corrected chi connectivity index (χ4v) is 1.73. The van der Waals surface area contributed by atoms with Crippen molar-refractivity contribution in [2.45, 2.75) is 18.9 Å². The molecule has 4 nitrogen and oxygen atoms in total. The smallest absolute Gasteiger partial charge is 0.445 e. The molecule has 0 unspecified atom stereocenters. The summed E-state index contributed by atoms with van der Waals surface area (Å²) in [5, 5.41) is 9.31. The molecule has 2 heterocycles. The minimum Gasteiger partial charge on any atom is -0.445 e. The first-order valence-electron chi connectivity index (χ1n) is 5.42. The first-order chi connectivity index (χ1) is 7.97. The Labute approximate surface area is 145 Å². The molecule has 1 aromatic heterocycles. The Morgan fingerprint density at radius 1 is 1.17 bits per heavy atom. The molecule has 0 aromatic carbocycles. The Kier molecular flexibility index (Phi) is 6.07. The molecule has 1 N–H and O–H groups in total. The van der Waals surface area contributed by atoms with E-state index in [9.17, 15) is 18.1 Å². The van der Waals surface area contributed by atoms with Gasteiger partial charge in [-0.2, -0.15) is 0 Å². The minimum absolute atomic E-state index is 0. The summed E-state index contributed by atoms with van der Waals surface area (Å²) in [4.78, 5) is 9.22. The van der Waals surface area contributed by atoms with Crippen LogP contribution in [0.1, 0.15) is 12.8 Å². The zero-order valence-corrected chi connectivity index (χ0v) is 13.2. The van der Waals surface area contributed by atoms with Gasteiger partial charge in [0.2, 0.25) is 5.95 Å². The van der Waals surface area contributed by atoms with Crippen molar-refractivity contribution in [1.29, 1.82) is 0 Å². The number of anilines is 1. The van der Waals surface area contributed by atoms with Crippen molar-refractivity contribution in [1.82, 2.24) is 9.97 Å². The van der Waals surface area contributed by atoms with Crippen LogP contribution in [0, 0.1) is 0 Å². The Balaban J connectivity index is 0.00000162. The third-order valence-electron chi connectivity index (χ3n) is 2.78. The average molecular weight is 285 g/mol. The van der Waals surface area contributed by atoms with Crippen LogP contribution >= 0.6 is 0 Å². The quantitative estimate of drug-likeness (QED) is 0.610.